The van der Waals surface area contributed by atoms with Crippen molar-refractivity contribution in [2.24, 2.45) is 5.73 Å². The number of ether oxygens (including phenoxy) is 1. The monoisotopic (exact) mass is 303 g/mol. The van der Waals surface area contributed by atoms with Crippen LogP contribution in [0.5, 0.6) is 0 Å². The molecule has 1 aliphatic carbocycles. The molecule has 0 saturated heterocycles. The summed E-state index contributed by atoms with van der Waals surface area (Å²) in [4.78, 5) is 0. The fourth-order valence-corrected chi connectivity index (χ4v) is 4.94. The summed E-state index contributed by atoms with van der Waals surface area (Å²) in [5.74, 6) is -0.173. The van der Waals surface area contributed by atoms with Crippen LogP contribution in [0.3, 0.4) is 0 Å². The lowest BCUT2D eigenvalue weighted by Crippen LogP contribution is -2.36. The molecular weight excluding hydrogens is 286 g/mol. The third-order valence-electron chi connectivity index (χ3n) is 3.69. The highest BCUT2D eigenvalue weighted by Gasteiger charge is 2.68. The number of sulfone groups is 1. The van der Waals surface area contributed by atoms with E-state index in [1.807, 2.05) is 6.07 Å². The maximum absolute atomic E-state index is 12.2. The highest BCUT2D eigenvalue weighted by molar-refractivity contribution is 7.92. The van der Waals surface area contributed by atoms with Gasteiger partial charge in [-0.05, 0) is 17.7 Å². The zero-order valence-corrected chi connectivity index (χ0v) is 12.5. The standard InChI is InChI=1S/C13H18ClNO3S/c1-3-19(16,17)12-11(13(12,15)8-18-2)9-5-4-6-10(14)7-9/h4-7,11-12H,3,8,15H2,1-2H3/t11-,12-,13-/m0/s1. The molecule has 2 N–H and O–H groups in total. The Hall–Kier alpha value is -0.620. The first-order valence-electron chi connectivity index (χ1n) is 6.11. The van der Waals surface area contributed by atoms with Crippen molar-refractivity contribution in [3.05, 3.63) is 34.9 Å². The normalized spacial score (nSPS) is 30.3. The molecule has 106 valence electrons. The predicted molar refractivity (Wildman–Crippen MR) is 76.2 cm³/mol. The Morgan fingerprint density at radius 3 is 2.68 bits per heavy atom. The molecule has 1 aliphatic rings. The largest absolute Gasteiger partial charge is 0.383 e. The highest BCUT2D eigenvalue weighted by Crippen LogP contribution is 2.54. The van der Waals surface area contributed by atoms with Crippen molar-refractivity contribution in [3.63, 3.8) is 0 Å². The van der Waals surface area contributed by atoms with Crippen LogP contribution in [0.1, 0.15) is 18.4 Å². The van der Waals surface area contributed by atoms with Crippen LogP contribution in [-0.2, 0) is 14.6 Å². The summed E-state index contributed by atoms with van der Waals surface area (Å²) in [6.45, 7) is 1.85. The molecule has 0 heterocycles. The van der Waals surface area contributed by atoms with Crippen LogP contribution >= 0.6 is 11.6 Å². The van der Waals surface area contributed by atoms with Gasteiger partial charge in [0.1, 0.15) is 0 Å². The SMILES string of the molecule is CCS(=O)(=O)[C@H]1[C@H](c2cccc(Cl)c2)[C@@]1(N)COC. The van der Waals surface area contributed by atoms with Crippen LogP contribution in [0.2, 0.25) is 5.02 Å². The summed E-state index contributed by atoms with van der Waals surface area (Å²) >= 11 is 5.96. The average Bonchev–Trinajstić information content (AvgIpc) is 2.96. The van der Waals surface area contributed by atoms with E-state index in [-0.39, 0.29) is 18.3 Å². The molecule has 0 aromatic heterocycles. The van der Waals surface area contributed by atoms with Gasteiger partial charge < -0.3 is 10.5 Å². The molecule has 0 unspecified atom stereocenters. The van der Waals surface area contributed by atoms with Gasteiger partial charge in [-0.3, -0.25) is 0 Å². The molecule has 0 spiro atoms. The minimum absolute atomic E-state index is 0.0808. The van der Waals surface area contributed by atoms with Crippen molar-refractivity contribution in [2.45, 2.75) is 23.6 Å². The summed E-state index contributed by atoms with van der Waals surface area (Å²) in [6, 6.07) is 7.19. The van der Waals surface area contributed by atoms with Crippen molar-refractivity contribution in [1.29, 1.82) is 0 Å². The van der Waals surface area contributed by atoms with Crippen LogP contribution < -0.4 is 5.73 Å². The first-order valence-corrected chi connectivity index (χ1v) is 8.21. The van der Waals surface area contributed by atoms with Gasteiger partial charge in [0.15, 0.2) is 9.84 Å². The van der Waals surface area contributed by atoms with E-state index in [0.717, 1.165) is 5.56 Å². The second-order valence-corrected chi connectivity index (χ2v) is 7.80. The quantitative estimate of drug-likeness (QED) is 0.897. The molecule has 1 fully saturated rings. The van der Waals surface area contributed by atoms with Crippen molar-refractivity contribution in [2.75, 3.05) is 19.5 Å². The Balaban J connectivity index is 2.39. The molecule has 3 atom stereocenters. The smallest absolute Gasteiger partial charge is 0.155 e. The molecule has 19 heavy (non-hydrogen) atoms. The zero-order chi connectivity index (χ0) is 14.3. The van der Waals surface area contributed by atoms with Crippen molar-refractivity contribution < 1.29 is 13.2 Å². The predicted octanol–water partition coefficient (Wildman–Crippen LogP) is 1.58. The van der Waals surface area contributed by atoms with Crippen LogP contribution in [-0.4, -0.2) is 38.7 Å². The third kappa shape index (κ3) is 2.52. The zero-order valence-electron chi connectivity index (χ0n) is 11.0. The number of nitrogens with two attached hydrogens (primary N) is 1. The van der Waals surface area contributed by atoms with Crippen LogP contribution in [0.15, 0.2) is 24.3 Å². The Bertz CT molecular complexity index is 575. The summed E-state index contributed by atoms with van der Waals surface area (Å²) in [5.41, 5.74) is 6.24. The van der Waals surface area contributed by atoms with E-state index in [9.17, 15) is 8.42 Å². The summed E-state index contributed by atoms with van der Waals surface area (Å²) in [7, 11) is -1.69. The molecule has 1 aromatic rings. The molecule has 2 rings (SSSR count). The van der Waals surface area contributed by atoms with Crippen molar-refractivity contribution in [3.8, 4) is 0 Å². The van der Waals surface area contributed by atoms with Crippen LogP contribution in [0.4, 0.5) is 0 Å². The minimum Gasteiger partial charge on any atom is -0.383 e. The maximum Gasteiger partial charge on any atom is 0.155 e. The number of hydrogen-bond acceptors (Lipinski definition) is 4. The van der Waals surface area contributed by atoms with Gasteiger partial charge in [-0.15, -0.1) is 0 Å². The van der Waals surface area contributed by atoms with Gasteiger partial charge in [0, 0.05) is 23.8 Å². The van der Waals surface area contributed by atoms with Crippen molar-refractivity contribution in [1.82, 2.24) is 0 Å². The molecule has 0 aliphatic heterocycles. The van der Waals surface area contributed by atoms with Gasteiger partial charge >= 0.3 is 0 Å². The van der Waals surface area contributed by atoms with E-state index < -0.39 is 20.6 Å². The molecular formula is C13H18ClNO3S. The van der Waals surface area contributed by atoms with Gasteiger partial charge in [-0.1, -0.05) is 30.7 Å². The first kappa shape index (κ1) is 14.8. The Kier molecular flexibility index (Phi) is 3.93. The van der Waals surface area contributed by atoms with Gasteiger partial charge in [0.2, 0.25) is 0 Å². The lowest BCUT2D eigenvalue weighted by atomic mass is 10.1. The third-order valence-corrected chi connectivity index (χ3v) is 6.22. The number of halogens is 1. The number of hydrogen-bond donors (Lipinski definition) is 1. The lowest BCUT2D eigenvalue weighted by molar-refractivity contribution is 0.171. The van der Waals surface area contributed by atoms with Crippen LogP contribution in [0.25, 0.3) is 0 Å². The fourth-order valence-electron chi connectivity index (χ4n) is 2.75. The molecule has 6 heteroatoms. The van der Waals surface area contributed by atoms with E-state index in [1.54, 1.807) is 25.1 Å². The van der Waals surface area contributed by atoms with E-state index in [0.29, 0.717) is 5.02 Å². The summed E-state index contributed by atoms with van der Waals surface area (Å²) in [5, 5.41) is -0.0137. The number of methoxy groups -OCH3 is 1. The van der Waals surface area contributed by atoms with Gasteiger partial charge in [0.25, 0.3) is 0 Å². The van der Waals surface area contributed by atoms with E-state index >= 15 is 0 Å². The van der Waals surface area contributed by atoms with E-state index in [4.69, 9.17) is 22.1 Å². The van der Waals surface area contributed by atoms with E-state index in [2.05, 4.69) is 0 Å². The fraction of sp³-hybridized carbons (Fsp3) is 0.538. The van der Waals surface area contributed by atoms with Crippen molar-refractivity contribution >= 4 is 21.4 Å². The maximum atomic E-state index is 12.2. The second-order valence-electron chi connectivity index (χ2n) is 4.95. The van der Waals surface area contributed by atoms with Gasteiger partial charge in [-0.2, -0.15) is 0 Å². The topological polar surface area (TPSA) is 69.4 Å². The van der Waals surface area contributed by atoms with Crippen LogP contribution in [0, 0.1) is 0 Å². The number of rotatable bonds is 5. The number of benzene rings is 1. The van der Waals surface area contributed by atoms with E-state index in [1.165, 1.54) is 7.11 Å². The molecule has 4 nitrogen and oxygen atoms in total. The Labute approximate surface area is 118 Å². The lowest BCUT2D eigenvalue weighted by Gasteiger charge is -2.10. The van der Waals surface area contributed by atoms with Gasteiger partial charge in [0.05, 0.1) is 17.4 Å². The molecule has 0 radical (unpaired) electrons. The molecule has 1 saturated carbocycles. The average molecular weight is 304 g/mol. The Morgan fingerprint density at radius 1 is 1.47 bits per heavy atom. The molecule has 1 aromatic carbocycles. The first-order chi connectivity index (χ1) is 8.86. The second kappa shape index (κ2) is 5.05. The summed E-state index contributed by atoms with van der Waals surface area (Å²) in [6.07, 6.45) is 0. The Morgan fingerprint density at radius 2 is 2.16 bits per heavy atom. The highest BCUT2D eigenvalue weighted by atomic mass is 35.5. The molecule has 0 bridgehead atoms. The minimum atomic E-state index is -3.21. The van der Waals surface area contributed by atoms with Gasteiger partial charge in [-0.25, -0.2) is 8.42 Å². The summed E-state index contributed by atoms with van der Waals surface area (Å²) < 4.78 is 29.4. The molecule has 0 amide bonds.